The van der Waals surface area contributed by atoms with Crippen LogP contribution in [0.2, 0.25) is 0 Å². The number of oxazole rings is 1. The molecule has 4 aromatic rings. The van der Waals surface area contributed by atoms with E-state index in [1.54, 1.807) is 34.8 Å². The van der Waals surface area contributed by atoms with Crippen LogP contribution in [-0.2, 0) is 15.8 Å². The molecule has 3 heterocycles. The maximum Gasteiger partial charge on any atom is 0.277 e. The fraction of sp³-hybridized carbons (Fsp3) is 0.261. The van der Waals surface area contributed by atoms with Crippen LogP contribution in [0, 0.1) is 0 Å². The highest BCUT2D eigenvalue weighted by Crippen LogP contribution is 2.29. The summed E-state index contributed by atoms with van der Waals surface area (Å²) in [6, 6.07) is 16.3. The third kappa shape index (κ3) is 4.87. The lowest BCUT2D eigenvalue weighted by atomic mass is 10.2. The third-order valence-electron chi connectivity index (χ3n) is 5.36. The summed E-state index contributed by atoms with van der Waals surface area (Å²) in [6.45, 7) is 1.11. The average Bonchev–Trinajstić information content (AvgIpc) is 3.54. The first kappa shape index (κ1) is 21.9. The van der Waals surface area contributed by atoms with E-state index in [1.165, 1.54) is 11.8 Å². The number of nitrogens with zero attached hydrogens (tertiary/aromatic N) is 4. The molecule has 10 heteroatoms. The van der Waals surface area contributed by atoms with Crippen LogP contribution in [0.3, 0.4) is 0 Å². The van der Waals surface area contributed by atoms with Gasteiger partial charge in [-0.05, 0) is 43.2 Å². The molecule has 2 aromatic carbocycles. The highest BCUT2D eigenvalue weighted by Gasteiger charge is 2.26. The lowest BCUT2D eigenvalue weighted by molar-refractivity contribution is 0.346. The lowest BCUT2D eigenvalue weighted by Crippen LogP contribution is -2.35. The minimum atomic E-state index is -3.53. The van der Waals surface area contributed by atoms with Gasteiger partial charge in [-0.25, -0.2) is 13.4 Å². The van der Waals surface area contributed by atoms with Gasteiger partial charge in [0.2, 0.25) is 21.8 Å². The summed E-state index contributed by atoms with van der Waals surface area (Å²) < 4.78 is 38.8. The zero-order chi connectivity index (χ0) is 22.7. The molecule has 0 atom stereocenters. The van der Waals surface area contributed by atoms with Gasteiger partial charge in [-0.3, -0.25) is 0 Å². The maximum atomic E-state index is 13.0. The normalized spacial score (nSPS) is 15.0. The number of hydrogen-bond donors (Lipinski definition) is 0. The van der Waals surface area contributed by atoms with Gasteiger partial charge in [-0.1, -0.05) is 42.4 Å². The van der Waals surface area contributed by atoms with Crippen molar-refractivity contribution in [3.05, 3.63) is 66.6 Å². The summed E-state index contributed by atoms with van der Waals surface area (Å²) in [6.07, 6.45) is 4.46. The molecule has 1 saturated heterocycles. The number of thioether (sulfide) groups is 1. The van der Waals surface area contributed by atoms with Crippen molar-refractivity contribution in [2.24, 2.45) is 0 Å². The third-order valence-corrected chi connectivity index (χ3v) is 8.10. The van der Waals surface area contributed by atoms with E-state index < -0.39 is 10.0 Å². The van der Waals surface area contributed by atoms with Crippen LogP contribution in [0.4, 0.5) is 0 Å². The Kier molecular flexibility index (Phi) is 6.30. The smallest absolute Gasteiger partial charge is 0.277 e. The lowest BCUT2D eigenvalue weighted by Gasteiger charge is -2.25. The molecule has 2 aromatic heterocycles. The quantitative estimate of drug-likeness (QED) is 0.344. The van der Waals surface area contributed by atoms with E-state index >= 15 is 0 Å². The Labute approximate surface area is 196 Å². The van der Waals surface area contributed by atoms with E-state index in [-0.39, 0.29) is 10.8 Å². The van der Waals surface area contributed by atoms with Crippen molar-refractivity contribution >= 4 is 21.8 Å². The second kappa shape index (κ2) is 9.50. The number of rotatable bonds is 7. The molecule has 8 nitrogen and oxygen atoms in total. The molecule has 1 aliphatic rings. The van der Waals surface area contributed by atoms with Crippen molar-refractivity contribution in [3.8, 4) is 22.9 Å². The van der Waals surface area contributed by atoms with Crippen molar-refractivity contribution in [2.45, 2.75) is 35.1 Å². The van der Waals surface area contributed by atoms with Gasteiger partial charge >= 0.3 is 0 Å². The second-order valence-electron chi connectivity index (χ2n) is 7.66. The molecule has 1 aliphatic heterocycles. The molecule has 0 radical (unpaired) electrons. The van der Waals surface area contributed by atoms with E-state index in [2.05, 4.69) is 15.2 Å². The molecular weight excluding hydrogens is 460 g/mol. The number of hydrogen-bond acceptors (Lipinski definition) is 8. The predicted molar refractivity (Wildman–Crippen MR) is 124 cm³/mol. The van der Waals surface area contributed by atoms with E-state index in [1.807, 2.05) is 30.3 Å². The van der Waals surface area contributed by atoms with Gasteiger partial charge in [0.25, 0.3) is 5.22 Å². The molecule has 0 spiro atoms. The summed E-state index contributed by atoms with van der Waals surface area (Å²) >= 11 is 1.34. The SMILES string of the molecule is O=S(=O)(c1cccc(-c2nnc(SCc3coc(-c4ccccc4)n3)o2)c1)N1CCCCC1. The van der Waals surface area contributed by atoms with E-state index in [4.69, 9.17) is 8.83 Å². The van der Waals surface area contributed by atoms with Crippen molar-refractivity contribution in [1.82, 2.24) is 19.5 Å². The molecule has 1 fully saturated rings. The number of piperidine rings is 1. The monoisotopic (exact) mass is 482 g/mol. The van der Waals surface area contributed by atoms with Crippen LogP contribution >= 0.6 is 11.8 Å². The largest absolute Gasteiger partial charge is 0.444 e. The molecule has 170 valence electrons. The molecule has 5 rings (SSSR count). The first-order valence-corrected chi connectivity index (χ1v) is 13.1. The van der Waals surface area contributed by atoms with Crippen LogP contribution in [0.5, 0.6) is 0 Å². The highest BCUT2D eigenvalue weighted by molar-refractivity contribution is 7.98. The van der Waals surface area contributed by atoms with Crippen molar-refractivity contribution in [1.29, 1.82) is 0 Å². The fourth-order valence-corrected chi connectivity index (χ4v) is 5.85. The topological polar surface area (TPSA) is 102 Å². The number of benzene rings is 2. The van der Waals surface area contributed by atoms with E-state index in [9.17, 15) is 8.42 Å². The van der Waals surface area contributed by atoms with Crippen LogP contribution in [-0.4, -0.2) is 41.0 Å². The Hall–Kier alpha value is -2.95. The molecular formula is C23H22N4O4S2. The van der Waals surface area contributed by atoms with E-state index in [0.717, 1.165) is 30.5 Å². The first-order valence-electron chi connectivity index (χ1n) is 10.7. The number of sulfonamides is 1. The van der Waals surface area contributed by atoms with E-state index in [0.29, 0.717) is 35.5 Å². The molecule has 0 N–H and O–H groups in total. The summed E-state index contributed by atoms with van der Waals surface area (Å²) in [5.41, 5.74) is 2.24. The van der Waals surface area contributed by atoms with Crippen LogP contribution < -0.4 is 0 Å². The molecule has 33 heavy (non-hydrogen) atoms. The van der Waals surface area contributed by atoms with Crippen LogP contribution in [0.15, 0.2) is 79.8 Å². The predicted octanol–water partition coefficient (Wildman–Crippen LogP) is 4.86. The standard InChI is InChI=1S/C23H22N4O4S2/c28-33(29,27-12-5-2-6-13-27)20-11-7-10-18(14-20)22-25-26-23(31-22)32-16-19-15-30-21(24-19)17-8-3-1-4-9-17/h1,3-4,7-11,14-15H,2,5-6,12-13,16H2. The minimum absolute atomic E-state index is 0.241. The van der Waals surface area contributed by atoms with Crippen LogP contribution in [0.25, 0.3) is 22.9 Å². The Bertz CT molecular complexity index is 1330. The van der Waals surface area contributed by atoms with Crippen LogP contribution in [0.1, 0.15) is 25.0 Å². The Morgan fingerprint density at radius 2 is 1.70 bits per heavy atom. The maximum absolute atomic E-state index is 13.0. The second-order valence-corrected chi connectivity index (χ2v) is 10.5. The summed E-state index contributed by atoms with van der Waals surface area (Å²) in [5.74, 6) is 1.34. The summed E-state index contributed by atoms with van der Waals surface area (Å²) in [4.78, 5) is 4.74. The van der Waals surface area contributed by atoms with Gasteiger partial charge in [0.1, 0.15) is 6.26 Å². The van der Waals surface area contributed by atoms with Gasteiger partial charge in [0.05, 0.1) is 10.6 Å². The Balaban J connectivity index is 1.27. The van der Waals surface area contributed by atoms with Gasteiger partial charge in [0.15, 0.2) is 0 Å². The summed E-state index contributed by atoms with van der Waals surface area (Å²) in [5, 5.41) is 8.55. The van der Waals surface area contributed by atoms with Gasteiger partial charge < -0.3 is 8.83 Å². The van der Waals surface area contributed by atoms with Gasteiger partial charge in [-0.2, -0.15) is 4.31 Å². The van der Waals surface area contributed by atoms with Gasteiger partial charge in [0, 0.05) is 30.0 Å². The minimum Gasteiger partial charge on any atom is -0.444 e. The van der Waals surface area contributed by atoms with Gasteiger partial charge in [-0.15, -0.1) is 10.2 Å². The number of aromatic nitrogens is 3. The summed E-state index contributed by atoms with van der Waals surface area (Å²) in [7, 11) is -3.53. The molecule has 0 saturated carbocycles. The van der Waals surface area contributed by atoms with Crippen molar-refractivity contribution in [2.75, 3.05) is 13.1 Å². The Morgan fingerprint density at radius 1 is 0.909 bits per heavy atom. The van der Waals surface area contributed by atoms with Crippen molar-refractivity contribution < 1.29 is 17.3 Å². The zero-order valence-electron chi connectivity index (χ0n) is 17.8. The Morgan fingerprint density at radius 3 is 2.52 bits per heavy atom. The molecule has 0 unspecified atom stereocenters. The first-order chi connectivity index (χ1) is 16.1. The molecule has 0 aliphatic carbocycles. The molecule has 0 bridgehead atoms. The molecule has 0 amide bonds. The zero-order valence-corrected chi connectivity index (χ0v) is 19.4. The fourth-order valence-electron chi connectivity index (χ4n) is 3.65. The van der Waals surface area contributed by atoms with Crippen molar-refractivity contribution in [3.63, 3.8) is 0 Å². The highest BCUT2D eigenvalue weighted by atomic mass is 32.2. The average molecular weight is 483 g/mol.